The van der Waals surface area contributed by atoms with Crippen LogP contribution >= 0.6 is 11.5 Å². The lowest BCUT2D eigenvalue weighted by atomic mass is 9.91. The molecule has 0 spiro atoms. The molecule has 114 valence electrons. The molecule has 1 aliphatic rings. The van der Waals surface area contributed by atoms with Gasteiger partial charge in [-0.05, 0) is 43.4 Å². The Balaban J connectivity index is 1.77. The van der Waals surface area contributed by atoms with Crippen LogP contribution in [0.3, 0.4) is 0 Å². The summed E-state index contributed by atoms with van der Waals surface area (Å²) in [4.78, 5) is 5.44. The van der Waals surface area contributed by atoms with E-state index in [-0.39, 0.29) is 5.41 Å². The SMILES string of the molecule is CC(C)(C)c1nnsc1-c1nc(CC2CCCNC2)no1. The van der Waals surface area contributed by atoms with Crippen LogP contribution in [0.25, 0.3) is 10.8 Å². The lowest BCUT2D eigenvalue weighted by Gasteiger charge is -2.20. The molecule has 0 bridgehead atoms. The number of hydrogen-bond donors (Lipinski definition) is 1. The molecule has 1 fully saturated rings. The van der Waals surface area contributed by atoms with Gasteiger partial charge in [0.05, 0.1) is 5.69 Å². The Morgan fingerprint density at radius 3 is 2.95 bits per heavy atom. The first-order chi connectivity index (χ1) is 10.0. The highest BCUT2D eigenvalue weighted by atomic mass is 32.1. The molecule has 3 rings (SSSR count). The Labute approximate surface area is 128 Å². The molecule has 0 saturated carbocycles. The third-order valence-corrected chi connectivity index (χ3v) is 4.44. The van der Waals surface area contributed by atoms with Gasteiger partial charge >= 0.3 is 0 Å². The second-order valence-corrected chi connectivity index (χ2v) is 7.39. The summed E-state index contributed by atoms with van der Waals surface area (Å²) >= 11 is 1.32. The van der Waals surface area contributed by atoms with Crippen LogP contribution in [0.1, 0.15) is 45.1 Å². The number of nitrogens with zero attached hydrogens (tertiary/aromatic N) is 4. The maximum absolute atomic E-state index is 5.44. The number of rotatable bonds is 3. The summed E-state index contributed by atoms with van der Waals surface area (Å²) in [6.07, 6.45) is 3.32. The number of aromatic nitrogens is 4. The average molecular weight is 307 g/mol. The Kier molecular flexibility index (Phi) is 4.03. The van der Waals surface area contributed by atoms with E-state index in [2.05, 4.69) is 45.8 Å². The van der Waals surface area contributed by atoms with Crippen LogP contribution in [0.2, 0.25) is 0 Å². The second kappa shape index (κ2) is 5.81. The van der Waals surface area contributed by atoms with Crippen molar-refractivity contribution in [3.05, 3.63) is 11.5 Å². The zero-order valence-corrected chi connectivity index (χ0v) is 13.5. The van der Waals surface area contributed by atoms with E-state index in [0.717, 1.165) is 35.9 Å². The van der Waals surface area contributed by atoms with Crippen molar-refractivity contribution in [1.82, 2.24) is 25.0 Å². The van der Waals surface area contributed by atoms with Crippen molar-refractivity contribution >= 4 is 11.5 Å². The van der Waals surface area contributed by atoms with E-state index in [4.69, 9.17) is 4.52 Å². The third-order valence-electron chi connectivity index (χ3n) is 3.73. The first-order valence-electron chi connectivity index (χ1n) is 7.40. The molecule has 2 aromatic heterocycles. The van der Waals surface area contributed by atoms with Crippen molar-refractivity contribution in [2.24, 2.45) is 5.92 Å². The lowest BCUT2D eigenvalue weighted by molar-refractivity contribution is 0.360. The molecule has 1 saturated heterocycles. The Hall–Kier alpha value is -1.34. The van der Waals surface area contributed by atoms with Crippen molar-refractivity contribution in [3.8, 4) is 10.8 Å². The molecule has 0 radical (unpaired) electrons. The predicted molar refractivity (Wildman–Crippen MR) is 81.2 cm³/mol. The molecule has 0 aromatic carbocycles. The fourth-order valence-corrected chi connectivity index (χ4v) is 3.41. The summed E-state index contributed by atoms with van der Waals surface area (Å²) in [5.74, 6) is 1.94. The molecule has 6 nitrogen and oxygen atoms in total. The van der Waals surface area contributed by atoms with E-state index in [9.17, 15) is 0 Å². The van der Waals surface area contributed by atoms with Gasteiger partial charge in [-0.25, -0.2) is 0 Å². The molecule has 0 aliphatic carbocycles. The highest BCUT2D eigenvalue weighted by molar-refractivity contribution is 7.09. The molecule has 3 heterocycles. The smallest absolute Gasteiger partial charge is 0.271 e. The Bertz CT molecular complexity index is 595. The van der Waals surface area contributed by atoms with Crippen molar-refractivity contribution in [2.45, 2.75) is 45.4 Å². The van der Waals surface area contributed by atoms with Gasteiger partial charge in [-0.2, -0.15) is 4.98 Å². The summed E-state index contributed by atoms with van der Waals surface area (Å²) in [5, 5.41) is 11.8. The standard InChI is InChI=1S/C14H21N5OS/c1-14(2,3)12-11(21-19-17-12)13-16-10(18-20-13)7-9-5-4-6-15-8-9/h9,15H,4-8H2,1-3H3. The van der Waals surface area contributed by atoms with E-state index < -0.39 is 0 Å². The minimum atomic E-state index is -0.0791. The van der Waals surface area contributed by atoms with Crippen molar-refractivity contribution in [3.63, 3.8) is 0 Å². The highest BCUT2D eigenvalue weighted by Gasteiger charge is 2.27. The molecule has 1 N–H and O–H groups in total. The van der Waals surface area contributed by atoms with Gasteiger partial charge in [0.15, 0.2) is 5.82 Å². The van der Waals surface area contributed by atoms with Gasteiger partial charge in [-0.3, -0.25) is 0 Å². The number of piperidine rings is 1. The monoisotopic (exact) mass is 307 g/mol. The minimum Gasteiger partial charge on any atom is -0.333 e. The number of nitrogens with one attached hydrogen (secondary N) is 1. The largest absolute Gasteiger partial charge is 0.333 e. The first kappa shape index (κ1) is 14.6. The first-order valence-corrected chi connectivity index (χ1v) is 8.18. The van der Waals surface area contributed by atoms with Crippen LogP contribution in [0, 0.1) is 5.92 Å². The Morgan fingerprint density at radius 2 is 2.24 bits per heavy atom. The normalized spacial score (nSPS) is 19.9. The van der Waals surface area contributed by atoms with Crippen LogP contribution in [-0.4, -0.2) is 32.8 Å². The number of hydrogen-bond acceptors (Lipinski definition) is 7. The molecule has 7 heteroatoms. The molecular formula is C14H21N5OS. The summed E-state index contributed by atoms with van der Waals surface area (Å²) in [5.41, 5.74) is 0.839. The van der Waals surface area contributed by atoms with Crippen LogP contribution in [0.4, 0.5) is 0 Å². The highest BCUT2D eigenvalue weighted by Crippen LogP contribution is 2.33. The van der Waals surface area contributed by atoms with Crippen molar-refractivity contribution in [2.75, 3.05) is 13.1 Å². The molecule has 1 unspecified atom stereocenters. The predicted octanol–water partition coefficient (Wildman–Crippen LogP) is 2.43. The molecule has 1 aliphatic heterocycles. The van der Waals surface area contributed by atoms with Gasteiger partial charge in [0.25, 0.3) is 5.89 Å². The molecular weight excluding hydrogens is 286 g/mol. The zero-order valence-electron chi connectivity index (χ0n) is 12.7. The fourth-order valence-electron chi connectivity index (χ4n) is 2.61. The van der Waals surface area contributed by atoms with Gasteiger partial charge in [0, 0.05) is 11.8 Å². The van der Waals surface area contributed by atoms with E-state index in [1.54, 1.807) is 0 Å². The van der Waals surface area contributed by atoms with Crippen LogP contribution in [-0.2, 0) is 11.8 Å². The van der Waals surface area contributed by atoms with E-state index >= 15 is 0 Å². The van der Waals surface area contributed by atoms with Crippen molar-refractivity contribution in [1.29, 1.82) is 0 Å². The van der Waals surface area contributed by atoms with Crippen LogP contribution in [0.5, 0.6) is 0 Å². The summed E-state index contributed by atoms with van der Waals surface area (Å²) in [6, 6.07) is 0. The maximum atomic E-state index is 5.44. The average Bonchev–Trinajstić information content (AvgIpc) is 3.07. The second-order valence-electron chi connectivity index (χ2n) is 6.63. The van der Waals surface area contributed by atoms with Gasteiger partial charge in [0.1, 0.15) is 4.88 Å². The van der Waals surface area contributed by atoms with Gasteiger partial charge in [-0.15, -0.1) is 5.10 Å². The molecule has 2 aromatic rings. The summed E-state index contributed by atoms with van der Waals surface area (Å²) in [7, 11) is 0. The van der Waals surface area contributed by atoms with Crippen LogP contribution in [0.15, 0.2) is 4.52 Å². The lowest BCUT2D eigenvalue weighted by Crippen LogP contribution is -2.31. The topological polar surface area (TPSA) is 76.7 Å². The van der Waals surface area contributed by atoms with E-state index in [0.29, 0.717) is 11.8 Å². The minimum absolute atomic E-state index is 0.0791. The summed E-state index contributed by atoms with van der Waals surface area (Å²) in [6.45, 7) is 8.49. The Morgan fingerprint density at radius 1 is 1.38 bits per heavy atom. The molecule has 0 amide bonds. The van der Waals surface area contributed by atoms with E-state index in [1.807, 2.05) is 0 Å². The van der Waals surface area contributed by atoms with Crippen LogP contribution < -0.4 is 5.32 Å². The quantitative estimate of drug-likeness (QED) is 0.938. The maximum Gasteiger partial charge on any atom is 0.271 e. The van der Waals surface area contributed by atoms with Gasteiger partial charge in [-0.1, -0.05) is 30.4 Å². The van der Waals surface area contributed by atoms with Crippen molar-refractivity contribution < 1.29 is 4.52 Å². The molecule has 1 atom stereocenters. The molecule has 21 heavy (non-hydrogen) atoms. The zero-order chi connectivity index (χ0) is 14.9. The summed E-state index contributed by atoms with van der Waals surface area (Å²) < 4.78 is 9.48. The van der Waals surface area contributed by atoms with Gasteiger partial charge in [0.2, 0.25) is 0 Å². The fraction of sp³-hybridized carbons (Fsp3) is 0.714. The van der Waals surface area contributed by atoms with Gasteiger partial charge < -0.3 is 9.84 Å². The van der Waals surface area contributed by atoms with E-state index in [1.165, 1.54) is 24.4 Å². The third kappa shape index (κ3) is 3.29.